The fourth-order valence-corrected chi connectivity index (χ4v) is 1.72. The molecule has 0 unspecified atom stereocenters. The standard InChI is InChI=1S/C14H14O2/c1-3-11-4-5-13-9-14(16-10(2)15)7-6-12(13)8-11/h4-9H,3H2,1-2H3. The van der Waals surface area contributed by atoms with Crippen molar-refractivity contribution in [1.29, 1.82) is 0 Å². The number of benzene rings is 2. The fraction of sp³-hybridized carbons (Fsp3) is 0.214. The van der Waals surface area contributed by atoms with Crippen LogP contribution in [0.2, 0.25) is 0 Å². The van der Waals surface area contributed by atoms with E-state index in [1.54, 1.807) is 0 Å². The van der Waals surface area contributed by atoms with Crippen molar-refractivity contribution in [1.82, 2.24) is 0 Å². The smallest absolute Gasteiger partial charge is 0.308 e. The van der Waals surface area contributed by atoms with Gasteiger partial charge < -0.3 is 4.74 Å². The van der Waals surface area contributed by atoms with Crippen molar-refractivity contribution in [2.75, 3.05) is 0 Å². The molecular weight excluding hydrogens is 200 g/mol. The van der Waals surface area contributed by atoms with E-state index in [0.717, 1.165) is 11.8 Å². The third kappa shape index (κ3) is 2.22. The van der Waals surface area contributed by atoms with Crippen LogP contribution in [0, 0.1) is 0 Å². The Morgan fingerprint density at radius 3 is 2.50 bits per heavy atom. The number of aryl methyl sites for hydroxylation is 1. The number of esters is 1. The van der Waals surface area contributed by atoms with E-state index >= 15 is 0 Å². The summed E-state index contributed by atoms with van der Waals surface area (Å²) < 4.78 is 5.04. The quantitative estimate of drug-likeness (QED) is 0.566. The molecule has 0 radical (unpaired) electrons. The van der Waals surface area contributed by atoms with E-state index in [1.165, 1.54) is 17.9 Å². The lowest BCUT2D eigenvalue weighted by Gasteiger charge is -2.04. The van der Waals surface area contributed by atoms with E-state index in [0.29, 0.717) is 5.75 Å². The monoisotopic (exact) mass is 214 g/mol. The summed E-state index contributed by atoms with van der Waals surface area (Å²) in [7, 11) is 0. The highest BCUT2D eigenvalue weighted by Crippen LogP contribution is 2.22. The Hall–Kier alpha value is -1.83. The molecule has 16 heavy (non-hydrogen) atoms. The van der Waals surface area contributed by atoms with Gasteiger partial charge in [-0.2, -0.15) is 0 Å². The van der Waals surface area contributed by atoms with Crippen LogP contribution in [-0.2, 0) is 11.2 Å². The molecule has 0 saturated carbocycles. The van der Waals surface area contributed by atoms with Crippen LogP contribution in [0.3, 0.4) is 0 Å². The minimum atomic E-state index is -0.287. The van der Waals surface area contributed by atoms with Gasteiger partial charge in [0.25, 0.3) is 0 Å². The van der Waals surface area contributed by atoms with E-state index in [9.17, 15) is 4.79 Å². The summed E-state index contributed by atoms with van der Waals surface area (Å²) >= 11 is 0. The second-order valence-corrected chi connectivity index (χ2v) is 3.79. The predicted molar refractivity (Wildman–Crippen MR) is 64.6 cm³/mol. The first-order valence-electron chi connectivity index (χ1n) is 5.40. The number of carbonyl (C=O) groups is 1. The van der Waals surface area contributed by atoms with Crippen LogP contribution in [-0.4, -0.2) is 5.97 Å². The lowest BCUT2D eigenvalue weighted by Crippen LogP contribution is -2.00. The first-order valence-corrected chi connectivity index (χ1v) is 5.40. The van der Waals surface area contributed by atoms with Crippen molar-refractivity contribution in [3.63, 3.8) is 0 Å². The lowest BCUT2D eigenvalue weighted by molar-refractivity contribution is -0.131. The number of hydrogen-bond acceptors (Lipinski definition) is 2. The van der Waals surface area contributed by atoms with Gasteiger partial charge >= 0.3 is 5.97 Å². The highest BCUT2D eigenvalue weighted by Gasteiger charge is 2.00. The van der Waals surface area contributed by atoms with Crippen molar-refractivity contribution in [3.05, 3.63) is 42.0 Å². The van der Waals surface area contributed by atoms with Gasteiger partial charge in [0.2, 0.25) is 0 Å². The first-order chi connectivity index (χ1) is 7.69. The third-order valence-electron chi connectivity index (χ3n) is 2.55. The molecule has 0 atom stereocenters. The molecule has 2 heteroatoms. The van der Waals surface area contributed by atoms with E-state index in [2.05, 4.69) is 25.1 Å². The fourth-order valence-electron chi connectivity index (χ4n) is 1.72. The van der Waals surface area contributed by atoms with Crippen LogP contribution in [0.25, 0.3) is 10.8 Å². The molecule has 0 heterocycles. The molecule has 0 spiro atoms. The second kappa shape index (κ2) is 4.35. The van der Waals surface area contributed by atoms with Gasteiger partial charge in [0.05, 0.1) is 0 Å². The van der Waals surface area contributed by atoms with Crippen molar-refractivity contribution in [2.45, 2.75) is 20.3 Å². The number of ether oxygens (including phenoxy) is 1. The molecule has 2 nitrogen and oxygen atoms in total. The Labute approximate surface area is 94.8 Å². The Morgan fingerprint density at radius 2 is 1.81 bits per heavy atom. The van der Waals surface area contributed by atoms with Gasteiger partial charge in [0.15, 0.2) is 0 Å². The van der Waals surface area contributed by atoms with Gasteiger partial charge in [-0.15, -0.1) is 0 Å². The summed E-state index contributed by atoms with van der Waals surface area (Å²) in [6, 6.07) is 12.0. The van der Waals surface area contributed by atoms with Gasteiger partial charge in [-0.3, -0.25) is 4.79 Å². The molecule has 0 aliphatic rings. The first kappa shape index (κ1) is 10.7. The largest absolute Gasteiger partial charge is 0.427 e. The van der Waals surface area contributed by atoms with Crippen molar-refractivity contribution >= 4 is 16.7 Å². The van der Waals surface area contributed by atoms with Crippen molar-refractivity contribution in [2.24, 2.45) is 0 Å². The molecule has 2 aromatic rings. The molecule has 0 N–H and O–H groups in total. The average Bonchev–Trinajstić information content (AvgIpc) is 2.27. The van der Waals surface area contributed by atoms with Crippen LogP contribution in [0.5, 0.6) is 5.75 Å². The molecule has 2 rings (SSSR count). The predicted octanol–water partition coefficient (Wildman–Crippen LogP) is 3.33. The molecule has 0 amide bonds. The molecule has 0 aromatic heterocycles. The van der Waals surface area contributed by atoms with Gasteiger partial charge in [-0.25, -0.2) is 0 Å². The number of fused-ring (bicyclic) bond motifs is 1. The van der Waals surface area contributed by atoms with Crippen LogP contribution in [0.1, 0.15) is 19.4 Å². The molecule has 0 aliphatic carbocycles. The SMILES string of the molecule is CCc1ccc2cc(OC(C)=O)ccc2c1. The van der Waals surface area contributed by atoms with Crippen LogP contribution >= 0.6 is 0 Å². The minimum Gasteiger partial charge on any atom is -0.427 e. The average molecular weight is 214 g/mol. The van der Waals surface area contributed by atoms with E-state index in [4.69, 9.17) is 4.74 Å². The third-order valence-corrected chi connectivity index (χ3v) is 2.55. The van der Waals surface area contributed by atoms with Gasteiger partial charge in [0, 0.05) is 6.92 Å². The summed E-state index contributed by atoms with van der Waals surface area (Å²) in [4.78, 5) is 10.8. The van der Waals surface area contributed by atoms with Crippen LogP contribution in [0.4, 0.5) is 0 Å². The zero-order valence-corrected chi connectivity index (χ0v) is 9.49. The zero-order valence-electron chi connectivity index (χ0n) is 9.49. The molecule has 82 valence electrons. The number of hydrogen-bond donors (Lipinski definition) is 0. The topological polar surface area (TPSA) is 26.3 Å². The Bertz CT molecular complexity index is 529. The molecule has 0 bridgehead atoms. The molecular formula is C14H14O2. The van der Waals surface area contributed by atoms with E-state index < -0.39 is 0 Å². The van der Waals surface area contributed by atoms with Crippen molar-refractivity contribution in [3.8, 4) is 5.75 Å². The maximum absolute atomic E-state index is 10.8. The van der Waals surface area contributed by atoms with Gasteiger partial charge in [0.1, 0.15) is 5.75 Å². The summed E-state index contributed by atoms with van der Waals surface area (Å²) in [5.74, 6) is 0.314. The van der Waals surface area contributed by atoms with Crippen LogP contribution < -0.4 is 4.74 Å². The normalized spacial score (nSPS) is 10.4. The highest BCUT2D eigenvalue weighted by molar-refractivity contribution is 5.85. The van der Waals surface area contributed by atoms with Gasteiger partial charge in [-0.05, 0) is 34.9 Å². The summed E-state index contributed by atoms with van der Waals surface area (Å²) in [6.45, 7) is 3.54. The molecule has 0 fully saturated rings. The maximum atomic E-state index is 10.8. The van der Waals surface area contributed by atoms with E-state index in [-0.39, 0.29) is 5.97 Å². The summed E-state index contributed by atoms with van der Waals surface area (Å²) in [5.41, 5.74) is 1.31. The van der Waals surface area contributed by atoms with Crippen molar-refractivity contribution < 1.29 is 9.53 Å². The summed E-state index contributed by atoms with van der Waals surface area (Å²) in [6.07, 6.45) is 1.03. The van der Waals surface area contributed by atoms with Gasteiger partial charge in [-0.1, -0.05) is 31.2 Å². The second-order valence-electron chi connectivity index (χ2n) is 3.79. The Morgan fingerprint density at radius 1 is 1.12 bits per heavy atom. The summed E-state index contributed by atoms with van der Waals surface area (Å²) in [5, 5.41) is 2.27. The zero-order chi connectivity index (χ0) is 11.5. The van der Waals surface area contributed by atoms with E-state index in [1.807, 2.05) is 18.2 Å². The molecule has 2 aromatic carbocycles. The number of rotatable bonds is 2. The number of carbonyl (C=O) groups excluding carboxylic acids is 1. The Kier molecular flexibility index (Phi) is 2.91. The molecule has 0 aliphatic heterocycles. The van der Waals surface area contributed by atoms with Crippen LogP contribution in [0.15, 0.2) is 36.4 Å². The Balaban J connectivity index is 2.43. The maximum Gasteiger partial charge on any atom is 0.308 e. The highest BCUT2D eigenvalue weighted by atomic mass is 16.5. The lowest BCUT2D eigenvalue weighted by atomic mass is 10.1. The molecule has 0 saturated heterocycles. The minimum absolute atomic E-state index is 0.287.